The van der Waals surface area contributed by atoms with Crippen LogP contribution in [0.1, 0.15) is 71.6 Å². The molecule has 38 heavy (non-hydrogen) atoms. The Hall–Kier alpha value is -3.90. The predicted molar refractivity (Wildman–Crippen MR) is 150 cm³/mol. The maximum atomic E-state index is 13.3. The molecule has 7 heteroatoms. The zero-order valence-corrected chi connectivity index (χ0v) is 21.7. The average molecular weight is 529 g/mol. The zero-order valence-electron chi connectivity index (χ0n) is 21.0. The predicted octanol–water partition coefficient (Wildman–Crippen LogP) is 7.15. The van der Waals surface area contributed by atoms with E-state index in [1.807, 2.05) is 66.7 Å². The van der Waals surface area contributed by atoms with Crippen LogP contribution in [0.5, 0.6) is 5.75 Å². The third-order valence-corrected chi connectivity index (χ3v) is 7.13. The third-order valence-electron chi connectivity index (χ3n) is 6.88. The van der Waals surface area contributed by atoms with E-state index >= 15 is 0 Å². The van der Waals surface area contributed by atoms with Crippen LogP contribution in [0.3, 0.4) is 0 Å². The van der Waals surface area contributed by atoms with Crippen molar-refractivity contribution in [3.8, 4) is 5.75 Å². The highest BCUT2D eigenvalue weighted by molar-refractivity contribution is 6.30. The van der Waals surface area contributed by atoms with Crippen LogP contribution in [0, 0.1) is 0 Å². The molecule has 3 aromatic rings. The molecule has 2 aliphatic rings. The van der Waals surface area contributed by atoms with Crippen LogP contribution < -0.4 is 10.1 Å². The molecule has 2 N–H and O–H groups in total. The van der Waals surface area contributed by atoms with Gasteiger partial charge in [0, 0.05) is 41.0 Å². The highest BCUT2D eigenvalue weighted by Gasteiger charge is 2.24. The van der Waals surface area contributed by atoms with Gasteiger partial charge in [-0.15, -0.1) is 0 Å². The molecule has 5 rings (SSSR count). The first-order valence-electron chi connectivity index (χ1n) is 12.9. The highest BCUT2D eigenvalue weighted by Crippen LogP contribution is 2.34. The summed E-state index contributed by atoms with van der Waals surface area (Å²) in [6.45, 7) is 0.558. The van der Waals surface area contributed by atoms with Crippen molar-refractivity contribution in [2.24, 2.45) is 4.99 Å². The zero-order chi connectivity index (χ0) is 26.5. The van der Waals surface area contributed by atoms with E-state index in [-0.39, 0.29) is 18.4 Å². The maximum Gasteiger partial charge on any atom is 0.303 e. The molecule has 0 radical (unpaired) electrons. The normalized spacial score (nSPS) is 16.2. The summed E-state index contributed by atoms with van der Waals surface area (Å²) in [5, 5.41) is 12.8. The number of ether oxygens (including phenoxy) is 1. The van der Waals surface area contributed by atoms with E-state index in [0.717, 1.165) is 52.3 Å². The summed E-state index contributed by atoms with van der Waals surface area (Å²) in [7, 11) is 0. The number of halogens is 1. The lowest BCUT2D eigenvalue weighted by Gasteiger charge is -2.26. The van der Waals surface area contributed by atoms with Crippen LogP contribution in [0.4, 0.5) is 5.69 Å². The molecular formula is C31H29ClN2O4. The summed E-state index contributed by atoms with van der Waals surface area (Å²) in [4.78, 5) is 29.2. The van der Waals surface area contributed by atoms with Crippen molar-refractivity contribution in [3.05, 3.63) is 99.6 Å². The summed E-state index contributed by atoms with van der Waals surface area (Å²) in [6, 6.07) is 20.9. The Morgan fingerprint density at radius 1 is 1.05 bits per heavy atom. The van der Waals surface area contributed by atoms with E-state index in [9.17, 15) is 9.59 Å². The van der Waals surface area contributed by atoms with Gasteiger partial charge in [0.2, 0.25) is 0 Å². The first-order chi connectivity index (χ1) is 18.5. The van der Waals surface area contributed by atoms with Crippen LogP contribution in [0.15, 0.2) is 77.3 Å². The largest absolute Gasteiger partial charge is 0.493 e. The second-order valence-corrected chi connectivity index (χ2v) is 10.1. The topological polar surface area (TPSA) is 88.0 Å². The summed E-state index contributed by atoms with van der Waals surface area (Å²) >= 11 is 6.10. The Balaban J connectivity index is 1.42. The van der Waals surface area contributed by atoms with Gasteiger partial charge in [0.15, 0.2) is 0 Å². The number of carboxylic acids is 1. The second kappa shape index (κ2) is 11.7. The van der Waals surface area contributed by atoms with Crippen LogP contribution in [-0.4, -0.2) is 29.3 Å². The van der Waals surface area contributed by atoms with Crippen LogP contribution in [0.25, 0.3) is 6.08 Å². The van der Waals surface area contributed by atoms with E-state index in [0.29, 0.717) is 36.5 Å². The van der Waals surface area contributed by atoms with Gasteiger partial charge in [0.05, 0.1) is 24.0 Å². The fourth-order valence-electron chi connectivity index (χ4n) is 4.92. The molecule has 0 fully saturated rings. The minimum Gasteiger partial charge on any atom is -0.493 e. The number of benzene rings is 3. The molecule has 0 aromatic heterocycles. The molecule has 3 aromatic carbocycles. The molecule has 0 bridgehead atoms. The van der Waals surface area contributed by atoms with E-state index in [1.165, 1.54) is 0 Å². The molecule has 1 atom stereocenters. The summed E-state index contributed by atoms with van der Waals surface area (Å²) < 4.78 is 5.73. The van der Waals surface area contributed by atoms with Gasteiger partial charge in [-0.1, -0.05) is 53.6 Å². The number of fused-ring (bicyclic) bond motifs is 2. The maximum absolute atomic E-state index is 13.3. The number of hydrogen-bond donors (Lipinski definition) is 2. The van der Waals surface area contributed by atoms with Gasteiger partial charge in [-0.3, -0.25) is 14.6 Å². The number of carbonyl (C=O) groups excluding carboxylic acids is 1. The summed E-state index contributed by atoms with van der Waals surface area (Å²) in [5.74, 6) is -0.112. The molecule has 6 nitrogen and oxygen atoms in total. The summed E-state index contributed by atoms with van der Waals surface area (Å²) in [5.41, 5.74) is 6.28. The average Bonchev–Trinajstić information content (AvgIpc) is 3.10. The van der Waals surface area contributed by atoms with Crippen molar-refractivity contribution in [1.29, 1.82) is 0 Å². The molecule has 2 aliphatic heterocycles. The standard InChI is InChI=1S/C31H29ClN2O4/c32-24-12-9-21(10-13-24)28-18-20(5-1-4-8-30(35)36)17-23-19-22(11-14-26(23)33-28)31(37)34-27-15-16-38-29-7-3-2-6-25(27)29/h2-3,6-7,9-14,17,19,27H,1,4-5,8,15-16,18H2,(H,34,37)(H,35,36). The minimum absolute atomic E-state index is 0.110. The molecule has 1 unspecified atom stereocenters. The van der Waals surface area contributed by atoms with Gasteiger partial charge in [-0.05, 0) is 61.2 Å². The SMILES string of the molecule is O=C(O)CCCCC1=Cc2cc(C(=O)NC3CCOc4ccccc43)ccc2N=C(c2ccc(Cl)cc2)C1. The number of hydrogen-bond acceptors (Lipinski definition) is 4. The fraction of sp³-hybridized carbons (Fsp3) is 0.258. The van der Waals surface area contributed by atoms with Gasteiger partial charge in [-0.2, -0.15) is 0 Å². The highest BCUT2D eigenvalue weighted by atomic mass is 35.5. The van der Waals surface area contributed by atoms with E-state index in [4.69, 9.17) is 26.4 Å². The number of carbonyl (C=O) groups is 2. The first kappa shape index (κ1) is 25.7. The third kappa shape index (κ3) is 6.14. The van der Waals surface area contributed by atoms with Crippen LogP contribution in [-0.2, 0) is 4.79 Å². The first-order valence-corrected chi connectivity index (χ1v) is 13.3. The molecule has 0 spiro atoms. The number of unbranched alkanes of at least 4 members (excludes halogenated alkanes) is 1. The van der Waals surface area contributed by atoms with Gasteiger partial charge >= 0.3 is 5.97 Å². The smallest absolute Gasteiger partial charge is 0.303 e. The monoisotopic (exact) mass is 528 g/mol. The van der Waals surface area contributed by atoms with Crippen LogP contribution >= 0.6 is 11.6 Å². The van der Waals surface area contributed by atoms with Crippen molar-refractivity contribution >= 4 is 41.0 Å². The number of carboxylic acid groups (broad SMARTS) is 1. The quantitative estimate of drug-likeness (QED) is 0.304. The number of nitrogens with zero attached hydrogens (tertiary/aromatic N) is 1. The Kier molecular flexibility index (Phi) is 7.89. The molecule has 194 valence electrons. The van der Waals surface area contributed by atoms with Crippen molar-refractivity contribution < 1.29 is 19.4 Å². The van der Waals surface area contributed by atoms with Crippen LogP contribution in [0.2, 0.25) is 5.02 Å². The Labute approximate surface area is 227 Å². The number of nitrogens with one attached hydrogen (secondary N) is 1. The molecule has 1 amide bonds. The molecule has 2 heterocycles. The number of aliphatic imine (C=N–C) groups is 1. The Morgan fingerprint density at radius 3 is 2.68 bits per heavy atom. The number of rotatable bonds is 8. The van der Waals surface area contributed by atoms with Crippen molar-refractivity contribution in [2.75, 3.05) is 6.61 Å². The Bertz CT molecular complexity index is 1410. The lowest BCUT2D eigenvalue weighted by Crippen LogP contribution is -2.32. The molecule has 0 saturated carbocycles. The number of amides is 1. The van der Waals surface area contributed by atoms with Crippen molar-refractivity contribution in [1.82, 2.24) is 5.32 Å². The van der Waals surface area contributed by atoms with Crippen molar-refractivity contribution in [2.45, 2.75) is 44.6 Å². The van der Waals surface area contributed by atoms with Crippen molar-refractivity contribution in [3.63, 3.8) is 0 Å². The fourth-order valence-corrected chi connectivity index (χ4v) is 5.04. The van der Waals surface area contributed by atoms with Gasteiger partial charge in [0.1, 0.15) is 5.75 Å². The number of allylic oxidation sites excluding steroid dienone is 1. The van der Waals surface area contributed by atoms with E-state index in [2.05, 4.69) is 11.4 Å². The number of para-hydroxylation sites is 1. The molecule has 0 saturated heterocycles. The van der Waals surface area contributed by atoms with Gasteiger partial charge in [0.25, 0.3) is 5.91 Å². The number of aliphatic carboxylic acids is 1. The van der Waals surface area contributed by atoms with Gasteiger partial charge < -0.3 is 15.2 Å². The second-order valence-electron chi connectivity index (χ2n) is 9.62. The molecular weight excluding hydrogens is 500 g/mol. The van der Waals surface area contributed by atoms with E-state index < -0.39 is 5.97 Å². The Morgan fingerprint density at radius 2 is 1.87 bits per heavy atom. The minimum atomic E-state index is -0.781. The van der Waals surface area contributed by atoms with E-state index in [1.54, 1.807) is 0 Å². The lowest BCUT2D eigenvalue weighted by molar-refractivity contribution is -0.137. The lowest BCUT2D eigenvalue weighted by atomic mass is 9.96. The summed E-state index contributed by atoms with van der Waals surface area (Å²) in [6.07, 6.45) is 5.75. The molecule has 0 aliphatic carbocycles. The van der Waals surface area contributed by atoms with Gasteiger partial charge in [-0.25, -0.2) is 0 Å².